The Morgan fingerprint density at radius 2 is 1.92 bits per heavy atom. The van der Waals surface area contributed by atoms with Gasteiger partial charge in [-0.2, -0.15) is 0 Å². The quantitative estimate of drug-likeness (QED) is 0.729. The van der Waals surface area contributed by atoms with Gasteiger partial charge in [-0.1, -0.05) is 38.8 Å². The van der Waals surface area contributed by atoms with Crippen LogP contribution in [0.2, 0.25) is 0 Å². The molecule has 1 aromatic carbocycles. The molecule has 2 rings (SSSR count). The van der Waals surface area contributed by atoms with E-state index in [-0.39, 0.29) is 17.2 Å². The molecular weight excluding hydrogens is 328 g/mol. The van der Waals surface area contributed by atoms with Crippen LogP contribution in [0.3, 0.4) is 0 Å². The molecule has 1 saturated carbocycles. The van der Waals surface area contributed by atoms with Crippen molar-refractivity contribution in [2.45, 2.75) is 50.9 Å². The molecule has 1 aliphatic carbocycles. The molecule has 0 bridgehead atoms. The molecule has 2 atom stereocenters. The van der Waals surface area contributed by atoms with Gasteiger partial charge >= 0.3 is 0 Å². The van der Waals surface area contributed by atoms with Gasteiger partial charge in [-0.15, -0.1) is 0 Å². The topological polar surface area (TPSA) is 95.5 Å². The first-order valence-corrected chi connectivity index (χ1v) is 9.93. The van der Waals surface area contributed by atoms with Crippen LogP contribution in [0.1, 0.15) is 49.9 Å². The second-order valence-corrected chi connectivity index (χ2v) is 8.59. The molecule has 6 nitrogen and oxygen atoms in total. The Labute approximate surface area is 143 Å². The van der Waals surface area contributed by atoms with Gasteiger partial charge in [0.2, 0.25) is 10.0 Å². The number of carbonyl (C=O) groups excluding carboxylic acids is 1. The highest BCUT2D eigenvalue weighted by atomic mass is 32.2. The number of nitrogens with one attached hydrogen (secondary N) is 2. The summed E-state index contributed by atoms with van der Waals surface area (Å²) in [4.78, 5) is 12.3. The number of carbonyl (C=O) groups is 1. The summed E-state index contributed by atoms with van der Waals surface area (Å²) in [6.07, 6.45) is 1.67. The molecule has 3 N–H and O–H groups in total. The van der Waals surface area contributed by atoms with Crippen molar-refractivity contribution in [1.82, 2.24) is 5.32 Å². The highest BCUT2D eigenvalue weighted by molar-refractivity contribution is 7.93. The van der Waals surface area contributed by atoms with E-state index in [1.165, 1.54) is 0 Å². The largest absolute Gasteiger partial charge is 0.392 e. The van der Waals surface area contributed by atoms with Crippen molar-refractivity contribution in [3.8, 4) is 0 Å². The lowest BCUT2D eigenvalue weighted by Gasteiger charge is -2.27. The molecule has 0 saturated heterocycles. The van der Waals surface area contributed by atoms with Crippen molar-refractivity contribution < 1.29 is 18.3 Å². The van der Waals surface area contributed by atoms with E-state index in [9.17, 15) is 18.3 Å². The van der Waals surface area contributed by atoms with Crippen LogP contribution in [0.4, 0.5) is 5.69 Å². The summed E-state index contributed by atoms with van der Waals surface area (Å²) in [6, 6.07) is 6.52. The summed E-state index contributed by atoms with van der Waals surface area (Å²) < 4.78 is 27.7. The minimum atomic E-state index is -3.75. The van der Waals surface area contributed by atoms with Crippen LogP contribution in [-0.2, 0) is 10.0 Å². The Kier molecular flexibility index (Phi) is 6.23. The number of aliphatic hydroxyl groups is 1. The van der Waals surface area contributed by atoms with Gasteiger partial charge in [-0.25, -0.2) is 8.42 Å². The zero-order chi connectivity index (χ0) is 17.7. The Bertz CT molecular complexity index is 673. The number of para-hydroxylation sites is 1. The van der Waals surface area contributed by atoms with Crippen molar-refractivity contribution in [2.75, 3.05) is 11.3 Å². The van der Waals surface area contributed by atoms with Crippen LogP contribution < -0.4 is 10.0 Å². The van der Waals surface area contributed by atoms with Gasteiger partial charge in [-0.05, 0) is 30.9 Å². The summed E-state index contributed by atoms with van der Waals surface area (Å²) in [5.41, 5.74) is 0.531. The zero-order valence-corrected chi connectivity index (χ0v) is 15.0. The first-order valence-electron chi connectivity index (χ1n) is 8.38. The highest BCUT2D eigenvalue weighted by Crippen LogP contribution is 2.27. The van der Waals surface area contributed by atoms with Gasteiger partial charge in [-0.3, -0.25) is 9.52 Å². The van der Waals surface area contributed by atoms with E-state index >= 15 is 0 Å². The fourth-order valence-corrected chi connectivity index (χ4v) is 4.49. The van der Waals surface area contributed by atoms with E-state index in [2.05, 4.69) is 10.0 Å². The monoisotopic (exact) mass is 354 g/mol. The van der Waals surface area contributed by atoms with Crippen LogP contribution in [0.15, 0.2) is 24.3 Å². The summed E-state index contributed by atoms with van der Waals surface area (Å²) in [6.45, 7) is 4.49. The van der Waals surface area contributed by atoms with Crippen LogP contribution in [-0.4, -0.2) is 37.3 Å². The molecule has 7 heteroatoms. The van der Waals surface area contributed by atoms with Gasteiger partial charge in [0, 0.05) is 6.54 Å². The van der Waals surface area contributed by atoms with E-state index in [4.69, 9.17) is 0 Å². The van der Waals surface area contributed by atoms with Crippen LogP contribution in [0, 0.1) is 5.92 Å². The molecule has 1 aromatic rings. The molecule has 0 aliphatic heterocycles. The van der Waals surface area contributed by atoms with Crippen LogP contribution in [0.25, 0.3) is 0 Å². The van der Waals surface area contributed by atoms with Crippen molar-refractivity contribution in [3.05, 3.63) is 29.8 Å². The summed E-state index contributed by atoms with van der Waals surface area (Å²) in [5.74, 6) is -0.0126. The third-order valence-corrected chi connectivity index (χ3v) is 6.01. The molecule has 1 fully saturated rings. The number of benzene rings is 1. The molecule has 1 amide bonds. The average Bonchev–Trinajstić information content (AvgIpc) is 2.53. The summed E-state index contributed by atoms with van der Waals surface area (Å²) in [5, 5.41) is 12.0. The molecule has 0 radical (unpaired) electrons. The standard InChI is InChI=1S/C17H26N2O4S/c1-12(2)11-18-17(21)13-7-3-4-8-14(13)19-24(22,23)16-10-6-5-9-15(16)20/h3-4,7-8,12,15-16,19-20H,5-6,9-11H2,1-2H3,(H,18,21). The van der Waals surface area contributed by atoms with Crippen molar-refractivity contribution in [1.29, 1.82) is 0 Å². The first-order chi connectivity index (χ1) is 11.3. The maximum atomic E-state index is 12.6. The Morgan fingerprint density at radius 1 is 1.25 bits per heavy atom. The third-order valence-electron chi connectivity index (χ3n) is 4.16. The fraction of sp³-hybridized carbons (Fsp3) is 0.588. The molecule has 0 aromatic heterocycles. The predicted octanol–water partition coefficient (Wildman–Crippen LogP) is 2.12. The zero-order valence-electron chi connectivity index (χ0n) is 14.2. The van der Waals surface area contributed by atoms with Gasteiger partial charge < -0.3 is 10.4 Å². The molecule has 0 spiro atoms. The van der Waals surface area contributed by atoms with E-state index in [0.29, 0.717) is 25.3 Å². The third kappa shape index (κ3) is 4.70. The predicted molar refractivity (Wildman–Crippen MR) is 94.4 cm³/mol. The van der Waals surface area contributed by atoms with Gasteiger partial charge in [0.25, 0.3) is 5.91 Å². The Morgan fingerprint density at radius 3 is 2.58 bits per heavy atom. The Hall–Kier alpha value is -1.60. The molecule has 0 heterocycles. The van der Waals surface area contributed by atoms with E-state index in [1.54, 1.807) is 24.3 Å². The van der Waals surface area contributed by atoms with E-state index in [1.807, 2.05) is 13.8 Å². The lowest BCUT2D eigenvalue weighted by Crippen LogP contribution is -2.40. The van der Waals surface area contributed by atoms with E-state index in [0.717, 1.165) is 12.8 Å². The van der Waals surface area contributed by atoms with Gasteiger partial charge in [0.1, 0.15) is 5.25 Å². The Balaban J connectivity index is 2.18. The maximum Gasteiger partial charge on any atom is 0.253 e. The molecule has 24 heavy (non-hydrogen) atoms. The molecule has 2 unspecified atom stereocenters. The van der Waals surface area contributed by atoms with Gasteiger partial charge in [0.15, 0.2) is 0 Å². The van der Waals surface area contributed by atoms with E-state index < -0.39 is 21.4 Å². The number of anilines is 1. The van der Waals surface area contributed by atoms with Crippen molar-refractivity contribution in [2.24, 2.45) is 5.92 Å². The average molecular weight is 354 g/mol. The smallest absolute Gasteiger partial charge is 0.253 e. The number of hydrogen-bond donors (Lipinski definition) is 3. The number of sulfonamides is 1. The summed E-state index contributed by atoms with van der Waals surface area (Å²) >= 11 is 0. The molecular formula is C17H26N2O4S. The SMILES string of the molecule is CC(C)CNC(=O)c1ccccc1NS(=O)(=O)C1CCCCC1O. The lowest BCUT2D eigenvalue weighted by atomic mass is 9.97. The highest BCUT2D eigenvalue weighted by Gasteiger charge is 2.35. The number of aliphatic hydroxyl groups excluding tert-OH is 1. The molecule has 134 valence electrons. The van der Waals surface area contributed by atoms with Crippen molar-refractivity contribution >= 4 is 21.6 Å². The molecule has 1 aliphatic rings. The second kappa shape index (κ2) is 7.98. The first kappa shape index (κ1) is 18.7. The number of rotatable bonds is 6. The van der Waals surface area contributed by atoms with Crippen LogP contribution in [0.5, 0.6) is 0 Å². The number of hydrogen-bond acceptors (Lipinski definition) is 4. The van der Waals surface area contributed by atoms with Gasteiger partial charge in [0.05, 0.1) is 17.4 Å². The second-order valence-electron chi connectivity index (χ2n) is 6.69. The minimum absolute atomic E-state index is 0.247. The van der Waals surface area contributed by atoms with Crippen molar-refractivity contribution in [3.63, 3.8) is 0 Å². The normalized spacial score (nSPS) is 21.5. The fourth-order valence-electron chi connectivity index (χ4n) is 2.83. The number of amides is 1. The van der Waals surface area contributed by atoms with Crippen LogP contribution >= 0.6 is 0 Å². The lowest BCUT2D eigenvalue weighted by molar-refractivity contribution is 0.0950. The minimum Gasteiger partial charge on any atom is -0.392 e. The summed E-state index contributed by atoms with van der Waals surface area (Å²) in [7, 11) is -3.75. The maximum absolute atomic E-state index is 12.6.